The van der Waals surface area contributed by atoms with Crippen LogP contribution in [0.1, 0.15) is 44.6 Å². The molecule has 0 saturated heterocycles. The number of para-hydroxylation sites is 1. The second kappa shape index (κ2) is 8.56. The third kappa shape index (κ3) is 4.07. The van der Waals surface area contributed by atoms with Gasteiger partial charge in [0.15, 0.2) is 0 Å². The Morgan fingerprint density at radius 3 is 2.50 bits per heavy atom. The van der Waals surface area contributed by atoms with E-state index in [4.69, 9.17) is 9.47 Å². The van der Waals surface area contributed by atoms with Crippen molar-refractivity contribution in [3.8, 4) is 5.75 Å². The summed E-state index contributed by atoms with van der Waals surface area (Å²) in [7, 11) is 3.05. The van der Waals surface area contributed by atoms with Crippen molar-refractivity contribution in [3.05, 3.63) is 52.3 Å². The van der Waals surface area contributed by atoms with Gasteiger partial charge in [0.1, 0.15) is 18.1 Å². The molecule has 1 N–H and O–H groups in total. The average molecular weight is 358 g/mol. The Bertz CT molecular complexity index is 795. The molecule has 26 heavy (non-hydrogen) atoms. The lowest BCUT2D eigenvalue weighted by molar-refractivity contribution is 0.0599. The second-order valence-electron chi connectivity index (χ2n) is 6.16. The number of aromatic nitrogens is 1. The Morgan fingerprint density at radius 1 is 1.19 bits per heavy atom. The third-order valence-corrected chi connectivity index (χ3v) is 4.41. The van der Waals surface area contributed by atoms with Crippen LogP contribution in [0.3, 0.4) is 0 Å². The number of hydrogen-bond donors (Lipinski definition) is 1. The van der Waals surface area contributed by atoms with Crippen molar-refractivity contribution >= 4 is 11.9 Å². The van der Waals surface area contributed by atoms with Crippen LogP contribution in [0.15, 0.2) is 24.3 Å². The number of likely N-dealkylation sites (N-methyl/N-ethyl adjacent to an activating group) is 1. The number of ether oxygens (including phenoxy) is 2. The predicted octanol–water partition coefficient (Wildman–Crippen LogP) is 3.13. The number of aromatic amines is 1. The van der Waals surface area contributed by atoms with Crippen molar-refractivity contribution < 1.29 is 19.1 Å². The summed E-state index contributed by atoms with van der Waals surface area (Å²) in [5.41, 5.74) is 3.24. The van der Waals surface area contributed by atoms with Crippen LogP contribution in [0.2, 0.25) is 0 Å². The Kier molecular flexibility index (Phi) is 6.44. The van der Waals surface area contributed by atoms with Gasteiger partial charge in [-0.05, 0) is 37.5 Å². The molecular formula is C20H26N2O4. The molecule has 0 aliphatic heterocycles. The number of benzene rings is 1. The lowest BCUT2D eigenvalue weighted by Gasteiger charge is -2.18. The zero-order valence-corrected chi connectivity index (χ0v) is 16.0. The van der Waals surface area contributed by atoms with E-state index in [0.717, 1.165) is 11.3 Å². The molecule has 0 bridgehead atoms. The van der Waals surface area contributed by atoms with Crippen LogP contribution < -0.4 is 4.74 Å². The van der Waals surface area contributed by atoms with Crippen LogP contribution in [0.25, 0.3) is 0 Å². The van der Waals surface area contributed by atoms with E-state index in [9.17, 15) is 9.59 Å². The first-order valence-corrected chi connectivity index (χ1v) is 8.64. The van der Waals surface area contributed by atoms with Crippen LogP contribution in [-0.4, -0.2) is 49.1 Å². The first-order chi connectivity index (χ1) is 12.4. The lowest BCUT2D eigenvalue weighted by atomic mass is 10.1. The van der Waals surface area contributed by atoms with Gasteiger partial charge >= 0.3 is 5.97 Å². The number of hydrogen-bond acceptors (Lipinski definition) is 4. The van der Waals surface area contributed by atoms with Gasteiger partial charge in [0.25, 0.3) is 5.91 Å². The minimum absolute atomic E-state index is 0.180. The summed E-state index contributed by atoms with van der Waals surface area (Å²) < 4.78 is 10.6. The number of carbonyl (C=O) groups excluding carboxylic acids is 2. The fraction of sp³-hybridized carbons (Fsp3) is 0.400. The number of carbonyl (C=O) groups is 2. The Hall–Kier alpha value is -2.76. The number of nitrogens with zero attached hydrogens (tertiary/aromatic N) is 1. The Balaban J connectivity index is 2.07. The number of amides is 1. The molecule has 0 spiro atoms. The van der Waals surface area contributed by atoms with Crippen LogP contribution in [-0.2, 0) is 11.2 Å². The number of rotatable bonds is 7. The SMILES string of the molecule is CCc1[nH]c(C(=O)N(C)CCOc2ccccc2C)c(C)c1C(=O)OC. The van der Waals surface area contributed by atoms with Crippen LogP contribution >= 0.6 is 0 Å². The lowest BCUT2D eigenvalue weighted by Crippen LogP contribution is -2.31. The molecule has 140 valence electrons. The molecule has 2 rings (SSSR count). The molecule has 2 aromatic rings. The minimum atomic E-state index is -0.430. The van der Waals surface area contributed by atoms with E-state index in [1.165, 1.54) is 7.11 Å². The first kappa shape index (κ1) is 19.6. The summed E-state index contributed by atoms with van der Waals surface area (Å²) in [6, 6.07) is 7.76. The zero-order chi connectivity index (χ0) is 19.3. The predicted molar refractivity (Wildman–Crippen MR) is 99.9 cm³/mol. The van der Waals surface area contributed by atoms with Gasteiger partial charge < -0.3 is 19.4 Å². The number of methoxy groups -OCH3 is 1. The van der Waals surface area contributed by atoms with Gasteiger partial charge in [-0.15, -0.1) is 0 Å². The highest BCUT2D eigenvalue weighted by atomic mass is 16.5. The van der Waals surface area contributed by atoms with Gasteiger partial charge in [0.2, 0.25) is 0 Å². The van der Waals surface area contributed by atoms with E-state index < -0.39 is 5.97 Å². The number of H-pyrrole nitrogens is 1. The summed E-state index contributed by atoms with van der Waals surface area (Å²) in [5, 5.41) is 0. The fourth-order valence-corrected chi connectivity index (χ4v) is 2.82. The maximum Gasteiger partial charge on any atom is 0.339 e. The minimum Gasteiger partial charge on any atom is -0.491 e. The number of aryl methyl sites for hydroxylation is 2. The summed E-state index contributed by atoms with van der Waals surface area (Å²) in [6.07, 6.45) is 0.610. The highest BCUT2D eigenvalue weighted by Crippen LogP contribution is 2.21. The summed E-state index contributed by atoms with van der Waals surface area (Å²) in [6.45, 7) is 6.48. The van der Waals surface area contributed by atoms with Crippen LogP contribution in [0.5, 0.6) is 5.75 Å². The molecule has 0 atom stereocenters. The van der Waals surface area contributed by atoms with Crippen LogP contribution in [0.4, 0.5) is 0 Å². The molecule has 0 unspecified atom stereocenters. The van der Waals surface area contributed by atoms with Gasteiger partial charge in [-0.1, -0.05) is 25.1 Å². The topological polar surface area (TPSA) is 71.6 Å². The standard InChI is InChI=1S/C20H26N2O4/c1-6-15-17(20(24)25-5)14(3)18(21-15)19(23)22(4)11-12-26-16-10-8-7-9-13(16)2/h7-10,21H,6,11-12H2,1-5H3. The monoisotopic (exact) mass is 358 g/mol. The molecule has 0 fully saturated rings. The summed E-state index contributed by atoms with van der Waals surface area (Å²) in [4.78, 5) is 29.4. The largest absolute Gasteiger partial charge is 0.491 e. The molecule has 1 aromatic heterocycles. The van der Waals surface area contributed by atoms with Gasteiger partial charge in [-0.3, -0.25) is 4.79 Å². The van der Waals surface area contributed by atoms with Crippen molar-refractivity contribution in [1.82, 2.24) is 9.88 Å². The third-order valence-electron chi connectivity index (χ3n) is 4.41. The molecule has 0 aliphatic rings. The molecule has 0 saturated carbocycles. The van der Waals surface area contributed by atoms with Gasteiger partial charge in [-0.25, -0.2) is 4.79 Å². The fourth-order valence-electron chi connectivity index (χ4n) is 2.82. The maximum absolute atomic E-state index is 12.8. The van der Waals surface area contributed by atoms with E-state index in [0.29, 0.717) is 42.1 Å². The first-order valence-electron chi connectivity index (χ1n) is 8.64. The van der Waals surface area contributed by atoms with Crippen molar-refractivity contribution in [2.45, 2.75) is 27.2 Å². The Labute approximate surface area is 154 Å². The highest BCUT2D eigenvalue weighted by Gasteiger charge is 2.25. The van der Waals surface area contributed by atoms with E-state index in [-0.39, 0.29) is 5.91 Å². The van der Waals surface area contributed by atoms with E-state index in [1.54, 1.807) is 18.9 Å². The van der Waals surface area contributed by atoms with E-state index >= 15 is 0 Å². The molecule has 6 heteroatoms. The van der Waals surface area contributed by atoms with Crippen LogP contribution in [0, 0.1) is 13.8 Å². The summed E-state index contributed by atoms with van der Waals surface area (Å²) in [5.74, 6) is 0.201. The molecular weight excluding hydrogens is 332 g/mol. The van der Waals surface area contributed by atoms with Gasteiger partial charge in [0, 0.05) is 12.7 Å². The number of nitrogens with one attached hydrogen (secondary N) is 1. The Morgan fingerprint density at radius 2 is 1.88 bits per heavy atom. The molecule has 1 aromatic carbocycles. The summed E-state index contributed by atoms with van der Waals surface area (Å²) >= 11 is 0. The zero-order valence-electron chi connectivity index (χ0n) is 16.0. The quantitative estimate of drug-likeness (QED) is 0.772. The molecule has 1 heterocycles. The van der Waals surface area contributed by atoms with Crippen molar-refractivity contribution in [1.29, 1.82) is 0 Å². The molecule has 0 radical (unpaired) electrons. The number of esters is 1. The second-order valence-corrected chi connectivity index (χ2v) is 6.16. The maximum atomic E-state index is 12.8. The molecule has 1 amide bonds. The average Bonchev–Trinajstić information content (AvgIpc) is 2.98. The van der Waals surface area contributed by atoms with Crippen molar-refractivity contribution in [2.75, 3.05) is 27.3 Å². The van der Waals surface area contributed by atoms with Crippen molar-refractivity contribution in [3.63, 3.8) is 0 Å². The molecule has 6 nitrogen and oxygen atoms in total. The normalized spacial score (nSPS) is 10.5. The smallest absolute Gasteiger partial charge is 0.339 e. The van der Waals surface area contributed by atoms with E-state index in [2.05, 4.69) is 4.98 Å². The molecule has 0 aliphatic carbocycles. The van der Waals surface area contributed by atoms with E-state index in [1.807, 2.05) is 38.1 Å². The van der Waals surface area contributed by atoms with Gasteiger partial charge in [0.05, 0.1) is 19.2 Å². The van der Waals surface area contributed by atoms with Gasteiger partial charge in [-0.2, -0.15) is 0 Å². The highest BCUT2D eigenvalue weighted by molar-refractivity contribution is 6.00. The van der Waals surface area contributed by atoms with Crippen molar-refractivity contribution in [2.24, 2.45) is 0 Å².